The van der Waals surface area contributed by atoms with Crippen LogP contribution >= 0.6 is 0 Å². The fourth-order valence-corrected chi connectivity index (χ4v) is 2.31. The van der Waals surface area contributed by atoms with Gasteiger partial charge in [-0.2, -0.15) is 0 Å². The summed E-state index contributed by atoms with van der Waals surface area (Å²) in [6.45, 7) is 1.98. The molecule has 1 heterocycles. The molecule has 88 valence electrons. The van der Waals surface area contributed by atoms with Crippen molar-refractivity contribution in [1.29, 1.82) is 0 Å². The van der Waals surface area contributed by atoms with Crippen molar-refractivity contribution in [2.24, 2.45) is 0 Å². The molecular weight excluding hydrogens is 234 g/mol. The van der Waals surface area contributed by atoms with Crippen molar-refractivity contribution >= 4 is 9.84 Å². The standard InChI is InChI=1S/C13H13NO2S/c1-10-9-14-8-7-13(10)11-3-5-12(6-4-11)17(2,15)16/h3-9H,1-2H3. The third-order valence-electron chi connectivity index (χ3n) is 2.61. The van der Waals surface area contributed by atoms with E-state index in [2.05, 4.69) is 4.98 Å². The van der Waals surface area contributed by atoms with Gasteiger partial charge in [0.25, 0.3) is 0 Å². The first-order valence-electron chi connectivity index (χ1n) is 5.19. The zero-order chi connectivity index (χ0) is 12.5. The maximum atomic E-state index is 11.3. The summed E-state index contributed by atoms with van der Waals surface area (Å²) in [5, 5.41) is 0. The van der Waals surface area contributed by atoms with Crippen molar-refractivity contribution in [3.05, 3.63) is 48.3 Å². The van der Waals surface area contributed by atoms with Crippen molar-refractivity contribution in [2.45, 2.75) is 11.8 Å². The van der Waals surface area contributed by atoms with Crippen LogP contribution in [0.1, 0.15) is 5.56 Å². The number of sulfone groups is 1. The number of nitrogens with zero attached hydrogens (tertiary/aromatic N) is 1. The molecule has 4 heteroatoms. The molecule has 0 N–H and O–H groups in total. The molecule has 0 aliphatic heterocycles. The summed E-state index contributed by atoms with van der Waals surface area (Å²) in [6, 6.07) is 8.82. The average Bonchev–Trinajstić information content (AvgIpc) is 2.29. The fourth-order valence-electron chi connectivity index (χ4n) is 1.68. The quantitative estimate of drug-likeness (QED) is 0.819. The van der Waals surface area contributed by atoms with Gasteiger partial charge in [0.1, 0.15) is 0 Å². The maximum Gasteiger partial charge on any atom is 0.175 e. The lowest BCUT2D eigenvalue weighted by Gasteiger charge is -2.05. The van der Waals surface area contributed by atoms with Crippen LogP contribution in [0.4, 0.5) is 0 Å². The van der Waals surface area contributed by atoms with Gasteiger partial charge in [-0.1, -0.05) is 12.1 Å². The van der Waals surface area contributed by atoms with E-state index in [1.807, 2.05) is 25.1 Å². The summed E-state index contributed by atoms with van der Waals surface area (Å²) in [6.07, 6.45) is 4.73. The van der Waals surface area contributed by atoms with Gasteiger partial charge in [0.15, 0.2) is 9.84 Å². The second kappa shape index (κ2) is 4.30. The Hall–Kier alpha value is -1.68. The first kappa shape index (κ1) is 11.8. The van der Waals surface area contributed by atoms with Gasteiger partial charge in [0.05, 0.1) is 4.90 Å². The highest BCUT2D eigenvalue weighted by atomic mass is 32.2. The van der Waals surface area contributed by atoms with Gasteiger partial charge in [-0.25, -0.2) is 8.42 Å². The molecule has 0 spiro atoms. The number of hydrogen-bond donors (Lipinski definition) is 0. The summed E-state index contributed by atoms with van der Waals surface area (Å²) in [4.78, 5) is 4.37. The van der Waals surface area contributed by atoms with Crippen LogP contribution in [0.3, 0.4) is 0 Å². The predicted octanol–water partition coefficient (Wildman–Crippen LogP) is 2.46. The van der Waals surface area contributed by atoms with E-state index >= 15 is 0 Å². The molecule has 1 aromatic heterocycles. The minimum absolute atomic E-state index is 0.341. The highest BCUT2D eigenvalue weighted by Crippen LogP contribution is 2.23. The summed E-state index contributed by atoms with van der Waals surface area (Å²) in [5.41, 5.74) is 3.14. The second-order valence-corrected chi connectivity index (χ2v) is 6.00. The monoisotopic (exact) mass is 247 g/mol. The molecule has 0 aliphatic rings. The Morgan fingerprint density at radius 1 is 1.06 bits per heavy atom. The predicted molar refractivity (Wildman–Crippen MR) is 67.5 cm³/mol. The lowest BCUT2D eigenvalue weighted by Crippen LogP contribution is -1.96. The van der Waals surface area contributed by atoms with Gasteiger partial charge in [0, 0.05) is 18.6 Å². The molecule has 3 nitrogen and oxygen atoms in total. The van der Waals surface area contributed by atoms with Gasteiger partial charge in [-0.3, -0.25) is 4.98 Å². The van der Waals surface area contributed by atoms with Gasteiger partial charge in [0.2, 0.25) is 0 Å². The maximum absolute atomic E-state index is 11.3. The Morgan fingerprint density at radius 2 is 1.71 bits per heavy atom. The number of hydrogen-bond acceptors (Lipinski definition) is 3. The molecule has 0 unspecified atom stereocenters. The Labute approximate surface area is 101 Å². The second-order valence-electron chi connectivity index (χ2n) is 3.99. The minimum atomic E-state index is -3.12. The molecule has 0 radical (unpaired) electrons. The smallest absolute Gasteiger partial charge is 0.175 e. The third-order valence-corrected chi connectivity index (χ3v) is 3.74. The van der Waals surface area contributed by atoms with E-state index in [-0.39, 0.29) is 0 Å². The molecule has 0 atom stereocenters. The molecule has 0 bridgehead atoms. The van der Waals surface area contributed by atoms with E-state index in [1.54, 1.807) is 24.5 Å². The molecule has 1 aromatic carbocycles. The molecule has 2 aromatic rings. The van der Waals surface area contributed by atoms with Crippen molar-refractivity contribution in [1.82, 2.24) is 4.98 Å². The van der Waals surface area contributed by atoms with Gasteiger partial charge in [-0.15, -0.1) is 0 Å². The van der Waals surface area contributed by atoms with Crippen LogP contribution in [-0.4, -0.2) is 19.7 Å². The van der Waals surface area contributed by atoms with E-state index in [0.29, 0.717) is 4.90 Å². The topological polar surface area (TPSA) is 47.0 Å². The number of benzene rings is 1. The Kier molecular flexibility index (Phi) is 2.98. The van der Waals surface area contributed by atoms with Crippen LogP contribution in [0.5, 0.6) is 0 Å². The summed E-state index contributed by atoms with van der Waals surface area (Å²) >= 11 is 0. The van der Waals surface area contributed by atoms with Crippen LogP contribution < -0.4 is 0 Å². The van der Waals surface area contributed by atoms with Gasteiger partial charge in [-0.05, 0) is 41.8 Å². The SMILES string of the molecule is Cc1cnccc1-c1ccc(S(C)(=O)=O)cc1. The molecule has 17 heavy (non-hydrogen) atoms. The van der Waals surface area contributed by atoms with Crippen molar-refractivity contribution in [2.75, 3.05) is 6.26 Å². The minimum Gasteiger partial charge on any atom is -0.264 e. The van der Waals surface area contributed by atoms with E-state index in [1.165, 1.54) is 6.26 Å². The van der Waals surface area contributed by atoms with Crippen LogP contribution in [0.15, 0.2) is 47.6 Å². The molecule has 2 rings (SSSR count). The zero-order valence-electron chi connectivity index (χ0n) is 9.71. The van der Waals surface area contributed by atoms with Crippen molar-refractivity contribution in [3.8, 4) is 11.1 Å². The summed E-state index contributed by atoms with van der Waals surface area (Å²) in [7, 11) is -3.12. The molecule has 0 amide bonds. The van der Waals surface area contributed by atoms with Gasteiger partial charge < -0.3 is 0 Å². The lowest BCUT2D eigenvalue weighted by molar-refractivity contribution is 0.602. The first-order valence-corrected chi connectivity index (χ1v) is 7.09. The van der Waals surface area contributed by atoms with Crippen molar-refractivity contribution in [3.63, 3.8) is 0 Å². The number of aryl methyl sites for hydroxylation is 1. The van der Waals surface area contributed by atoms with E-state index in [0.717, 1.165) is 16.7 Å². The fraction of sp³-hybridized carbons (Fsp3) is 0.154. The van der Waals surface area contributed by atoms with Crippen LogP contribution in [0.25, 0.3) is 11.1 Å². The first-order chi connectivity index (χ1) is 7.98. The highest BCUT2D eigenvalue weighted by molar-refractivity contribution is 7.90. The molecular formula is C13H13NO2S. The van der Waals surface area contributed by atoms with Crippen LogP contribution in [0.2, 0.25) is 0 Å². The van der Waals surface area contributed by atoms with E-state index < -0.39 is 9.84 Å². The third kappa shape index (κ3) is 2.53. The summed E-state index contributed by atoms with van der Waals surface area (Å²) < 4.78 is 22.7. The number of pyridine rings is 1. The highest BCUT2D eigenvalue weighted by Gasteiger charge is 2.07. The zero-order valence-corrected chi connectivity index (χ0v) is 10.5. The Balaban J connectivity index is 2.47. The van der Waals surface area contributed by atoms with Crippen molar-refractivity contribution < 1.29 is 8.42 Å². The largest absolute Gasteiger partial charge is 0.264 e. The average molecular weight is 247 g/mol. The van der Waals surface area contributed by atoms with E-state index in [4.69, 9.17) is 0 Å². The Morgan fingerprint density at radius 3 is 2.24 bits per heavy atom. The van der Waals surface area contributed by atoms with Crippen LogP contribution in [-0.2, 0) is 9.84 Å². The van der Waals surface area contributed by atoms with Crippen LogP contribution in [0, 0.1) is 6.92 Å². The molecule has 0 fully saturated rings. The number of rotatable bonds is 2. The van der Waals surface area contributed by atoms with E-state index in [9.17, 15) is 8.42 Å². The lowest BCUT2D eigenvalue weighted by atomic mass is 10.0. The summed E-state index contributed by atoms with van der Waals surface area (Å²) in [5.74, 6) is 0. The molecule has 0 aliphatic carbocycles. The molecule has 0 saturated carbocycles. The normalized spacial score (nSPS) is 11.4. The Bertz CT molecular complexity index is 631. The number of aromatic nitrogens is 1. The van der Waals surface area contributed by atoms with Gasteiger partial charge >= 0.3 is 0 Å². The molecule has 0 saturated heterocycles.